The summed E-state index contributed by atoms with van der Waals surface area (Å²) in [5.41, 5.74) is 2.86. The van der Waals surface area contributed by atoms with Gasteiger partial charge in [0.15, 0.2) is 5.69 Å². The Kier molecular flexibility index (Phi) is 9.42. The number of imidazole rings is 1. The molecule has 2 fully saturated rings. The van der Waals surface area contributed by atoms with E-state index in [-0.39, 0.29) is 30.3 Å². The molecule has 1 saturated carbocycles. The lowest BCUT2D eigenvalue weighted by Crippen LogP contribution is -2.57. The number of hydrogen-bond donors (Lipinski definition) is 2. The lowest BCUT2D eigenvalue weighted by Gasteiger charge is -2.36. The van der Waals surface area contributed by atoms with Crippen molar-refractivity contribution in [3.63, 3.8) is 0 Å². The molecule has 0 spiro atoms. The molecule has 38 heavy (non-hydrogen) atoms. The molecule has 3 aromatic rings. The first-order chi connectivity index (χ1) is 18.2. The highest BCUT2D eigenvalue weighted by atomic mass is 35.5. The number of carbonyl (C=O) groups is 2. The van der Waals surface area contributed by atoms with Gasteiger partial charge in [-0.1, -0.05) is 61.7 Å². The average Bonchev–Trinajstić information content (AvgIpc) is 3.42. The van der Waals surface area contributed by atoms with Gasteiger partial charge in [-0.2, -0.15) is 0 Å². The van der Waals surface area contributed by atoms with Crippen molar-refractivity contribution in [2.75, 3.05) is 33.3 Å². The number of methoxy groups -OCH3 is 1. The fourth-order valence-corrected chi connectivity index (χ4v) is 5.52. The number of halogens is 1. The van der Waals surface area contributed by atoms with Gasteiger partial charge in [-0.3, -0.25) is 9.59 Å². The van der Waals surface area contributed by atoms with Crippen molar-refractivity contribution in [1.82, 2.24) is 25.1 Å². The van der Waals surface area contributed by atoms with Crippen LogP contribution in [0.25, 0.3) is 11.3 Å². The van der Waals surface area contributed by atoms with E-state index in [4.69, 9.17) is 9.72 Å². The second-order valence-corrected chi connectivity index (χ2v) is 9.77. The zero-order chi connectivity index (χ0) is 25.6. The van der Waals surface area contributed by atoms with E-state index in [1.807, 2.05) is 41.6 Å². The summed E-state index contributed by atoms with van der Waals surface area (Å²) in [5, 5.41) is 6.37. The van der Waals surface area contributed by atoms with Crippen LogP contribution in [-0.2, 0) is 0 Å². The van der Waals surface area contributed by atoms with Crippen LogP contribution >= 0.6 is 12.4 Å². The van der Waals surface area contributed by atoms with Crippen LogP contribution in [0, 0.1) is 0 Å². The molecule has 8 nitrogen and oxygen atoms in total. The molecule has 1 aromatic heterocycles. The number of benzene rings is 2. The van der Waals surface area contributed by atoms with Crippen LogP contribution in [0.2, 0.25) is 0 Å². The van der Waals surface area contributed by atoms with Crippen LogP contribution in [0.4, 0.5) is 0 Å². The molecular weight excluding hydrogens is 502 g/mol. The van der Waals surface area contributed by atoms with Gasteiger partial charge in [0.25, 0.3) is 11.8 Å². The Morgan fingerprint density at radius 1 is 1.05 bits per heavy atom. The van der Waals surface area contributed by atoms with Crippen molar-refractivity contribution in [2.24, 2.45) is 0 Å². The van der Waals surface area contributed by atoms with Crippen LogP contribution in [0.1, 0.15) is 59.0 Å². The van der Waals surface area contributed by atoms with Gasteiger partial charge in [-0.15, -0.1) is 12.4 Å². The number of carbonyl (C=O) groups excluding carboxylic acids is 2. The highest BCUT2D eigenvalue weighted by molar-refractivity contribution is 5.99. The SMILES string of the molecule is COc1ccccc1C(=O)NC[C@@H]1CNCCN1C(=O)c1ncn(C2CCCCC2)c1-c1ccccc1.Cl. The largest absolute Gasteiger partial charge is 0.496 e. The van der Waals surface area contributed by atoms with Gasteiger partial charge in [0.2, 0.25) is 0 Å². The van der Waals surface area contributed by atoms with Crippen molar-refractivity contribution in [1.29, 1.82) is 0 Å². The van der Waals surface area contributed by atoms with E-state index in [1.54, 1.807) is 19.2 Å². The minimum absolute atomic E-state index is 0. The molecule has 5 rings (SSSR count). The second-order valence-electron chi connectivity index (χ2n) is 9.77. The lowest BCUT2D eigenvalue weighted by atomic mass is 9.94. The maximum atomic E-state index is 14.0. The van der Waals surface area contributed by atoms with E-state index in [2.05, 4.69) is 27.3 Å². The van der Waals surface area contributed by atoms with Gasteiger partial charge in [-0.05, 0) is 25.0 Å². The minimum atomic E-state index is -0.220. The van der Waals surface area contributed by atoms with Gasteiger partial charge in [0, 0.05) is 37.8 Å². The van der Waals surface area contributed by atoms with E-state index in [9.17, 15) is 9.59 Å². The van der Waals surface area contributed by atoms with Gasteiger partial charge < -0.3 is 24.8 Å². The molecule has 2 heterocycles. The standard InChI is InChI=1S/C29H35N5O3.ClH/c1-37-25-15-9-8-14-24(25)28(35)31-19-23-18-30-16-17-33(23)29(36)26-27(21-10-4-2-5-11-21)34(20-32-26)22-12-6-3-7-13-22;/h2,4-5,8-11,14-15,20,22-23,30H,3,6-7,12-13,16-19H2,1H3,(H,31,35);1H/t23-;/m0./s1. The van der Waals surface area contributed by atoms with Gasteiger partial charge in [0.1, 0.15) is 5.75 Å². The fraction of sp³-hybridized carbons (Fsp3) is 0.414. The molecule has 2 amide bonds. The zero-order valence-corrected chi connectivity index (χ0v) is 22.6. The molecule has 0 bridgehead atoms. The van der Waals surface area contributed by atoms with Crippen LogP contribution < -0.4 is 15.4 Å². The van der Waals surface area contributed by atoms with E-state index in [0.29, 0.717) is 49.2 Å². The maximum Gasteiger partial charge on any atom is 0.275 e. The van der Waals surface area contributed by atoms with Crippen molar-refractivity contribution in [3.8, 4) is 17.0 Å². The normalized spacial score (nSPS) is 17.9. The molecule has 0 unspecified atom stereocenters. The molecule has 1 aliphatic heterocycles. The topological polar surface area (TPSA) is 88.5 Å². The predicted octanol–water partition coefficient (Wildman–Crippen LogP) is 4.33. The minimum Gasteiger partial charge on any atom is -0.496 e. The summed E-state index contributed by atoms with van der Waals surface area (Å²) < 4.78 is 7.56. The van der Waals surface area contributed by atoms with Crippen LogP contribution in [-0.4, -0.2) is 65.6 Å². The maximum absolute atomic E-state index is 14.0. The fourth-order valence-electron chi connectivity index (χ4n) is 5.52. The Balaban J connectivity index is 0.00000336. The predicted molar refractivity (Wildman–Crippen MR) is 150 cm³/mol. The Morgan fingerprint density at radius 3 is 2.55 bits per heavy atom. The van der Waals surface area contributed by atoms with E-state index in [0.717, 1.165) is 24.1 Å². The lowest BCUT2D eigenvalue weighted by molar-refractivity contribution is 0.0620. The molecule has 2 aromatic carbocycles. The third-order valence-corrected chi connectivity index (χ3v) is 7.47. The monoisotopic (exact) mass is 537 g/mol. The van der Waals surface area contributed by atoms with Crippen molar-refractivity contribution in [3.05, 3.63) is 72.2 Å². The third kappa shape index (κ3) is 5.87. The highest BCUT2D eigenvalue weighted by Crippen LogP contribution is 2.34. The van der Waals surface area contributed by atoms with E-state index in [1.165, 1.54) is 19.3 Å². The van der Waals surface area contributed by atoms with Crippen LogP contribution in [0.15, 0.2) is 60.9 Å². The van der Waals surface area contributed by atoms with Gasteiger partial charge in [-0.25, -0.2) is 4.98 Å². The number of ether oxygens (including phenoxy) is 1. The second kappa shape index (κ2) is 12.9. The summed E-state index contributed by atoms with van der Waals surface area (Å²) >= 11 is 0. The van der Waals surface area contributed by atoms with Gasteiger partial charge >= 0.3 is 0 Å². The number of amides is 2. The quantitative estimate of drug-likeness (QED) is 0.468. The number of aromatic nitrogens is 2. The molecule has 202 valence electrons. The summed E-state index contributed by atoms with van der Waals surface area (Å²) in [7, 11) is 1.55. The molecule has 9 heteroatoms. The number of hydrogen-bond acceptors (Lipinski definition) is 5. The summed E-state index contributed by atoms with van der Waals surface area (Å²) in [6.45, 7) is 2.19. The number of nitrogens with one attached hydrogen (secondary N) is 2. The van der Waals surface area contributed by atoms with Crippen molar-refractivity contribution in [2.45, 2.75) is 44.2 Å². The van der Waals surface area contributed by atoms with Crippen molar-refractivity contribution < 1.29 is 14.3 Å². The van der Waals surface area contributed by atoms with E-state index >= 15 is 0 Å². The summed E-state index contributed by atoms with van der Waals surface area (Å²) in [6.07, 6.45) is 7.73. The zero-order valence-electron chi connectivity index (χ0n) is 21.8. The summed E-state index contributed by atoms with van der Waals surface area (Å²) in [6, 6.07) is 17.4. The molecule has 2 aliphatic rings. The van der Waals surface area contributed by atoms with Gasteiger partial charge in [0.05, 0.1) is 30.7 Å². The number of rotatable bonds is 7. The Hall–Kier alpha value is -3.36. The smallest absolute Gasteiger partial charge is 0.275 e. The number of piperazine rings is 1. The average molecular weight is 538 g/mol. The Bertz CT molecular complexity index is 1230. The number of nitrogens with zero attached hydrogens (tertiary/aromatic N) is 3. The van der Waals surface area contributed by atoms with Crippen LogP contribution in [0.5, 0.6) is 5.75 Å². The summed E-state index contributed by atoms with van der Waals surface area (Å²) in [4.78, 5) is 33.5. The Labute approximate surface area is 230 Å². The first kappa shape index (κ1) is 27.7. The summed E-state index contributed by atoms with van der Waals surface area (Å²) in [5.74, 6) is 0.212. The third-order valence-electron chi connectivity index (χ3n) is 7.47. The Morgan fingerprint density at radius 2 is 1.79 bits per heavy atom. The van der Waals surface area contributed by atoms with E-state index < -0.39 is 0 Å². The molecule has 1 aliphatic carbocycles. The number of para-hydroxylation sites is 1. The van der Waals surface area contributed by atoms with Crippen molar-refractivity contribution >= 4 is 24.2 Å². The van der Waals surface area contributed by atoms with Crippen LogP contribution in [0.3, 0.4) is 0 Å². The molecule has 1 saturated heterocycles. The molecule has 1 atom stereocenters. The first-order valence-corrected chi connectivity index (χ1v) is 13.2. The molecule has 0 radical (unpaired) electrons. The highest BCUT2D eigenvalue weighted by Gasteiger charge is 2.32. The first-order valence-electron chi connectivity index (χ1n) is 13.2. The molecule has 2 N–H and O–H groups in total. The molecular formula is C29H36ClN5O3.